The number of carbonyl (C=O) groups is 1. The van der Waals surface area contributed by atoms with Gasteiger partial charge in [-0.05, 0) is 53.9 Å². The molecule has 1 amide bonds. The summed E-state index contributed by atoms with van der Waals surface area (Å²) in [5, 5.41) is 11.2. The van der Waals surface area contributed by atoms with Gasteiger partial charge >= 0.3 is 6.09 Å². The van der Waals surface area contributed by atoms with Gasteiger partial charge in [0.1, 0.15) is 5.60 Å². The van der Waals surface area contributed by atoms with E-state index in [0.717, 1.165) is 25.7 Å². The maximum Gasteiger partial charge on any atom is 0.408 e. The van der Waals surface area contributed by atoms with Crippen molar-refractivity contribution in [2.45, 2.75) is 71.4 Å². The predicted octanol–water partition coefficient (Wildman–Crippen LogP) is 3.93. The Morgan fingerprint density at radius 3 is 2.42 bits per heavy atom. The van der Waals surface area contributed by atoms with Crippen molar-refractivity contribution in [2.75, 3.05) is 0 Å². The average molecular weight is 266 g/mol. The molecule has 1 N–H and O–H groups in total. The third-order valence-corrected chi connectivity index (χ3v) is 2.45. The van der Waals surface area contributed by atoms with Gasteiger partial charge in [-0.2, -0.15) is 5.26 Å². The molecule has 0 aromatic carbocycles. The summed E-state index contributed by atoms with van der Waals surface area (Å²) in [5.41, 5.74) is -0.746. The number of allylic oxidation sites excluding steroid dienone is 2. The SMILES string of the molecule is CC(C)(CCCC/C=C/C#N)NC(=O)OC(C)(C)C. The van der Waals surface area contributed by atoms with E-state index in [4.69, 9.17) is 10.00 Å². The molecule has 0 aromatic rings. The lowest BCUT2D eigenvalue weighted by Crippen LogP contribution is -2.45. The van der Waals surface area contributed by atoms with E-state index in [1.165, 1.54) is 6.08 Å². The molecule has 0 saturated heterocycles. The van der Waals surface area contributed by atoms with Gasteiger partial charge in [0.15, 0.2) is 0 Å². The number of nitrogens with one attached hydrogen (secondary N) is 1. The Balaban J connectivity index is 3.95. The molecule has 0 fully saturated rings. The van der Waals surface area contributed by atoms with Crippen LogP contribution in [-0.2, 0) is 4.74 Å². The number of hydrogen-bond donors (Lipinski definition) is 1. The number of ether oxygens (including phenoxy) is 1. The van der Waals surface area contributed by atoms with Crippen LogP contribution in [0.25, 0.3) is 0 Å². The van der Waals surface area contributed by atoms with Crippen LogP contribution in [-0.4, -0.2) is 17.2 Å². The van der Waals surface area contributed by atoms with Gasteiger partial charge in [-0.25, -0.2) is 4.79 Å². The highest BCUT2D eigenvalue weighted by Crippen LogP contribution is 2.15. The molecule has 0 radical (unpaired) electrons. The zero-order valence-electron chi connectivity index (χ0n) is 12.7. The molecular weight excluding hydrogens is 240 g/mol. The van der Waals surface area contributed by atoms with Gasteiger partial charge in [0.05, 0.1) is 6.07 Å². The third kappa shape index (κ3) is 11.3. The lowest BCUT2D eigenvalue weighted by molar-refractivity contribution is 0.0467. The van der Waals surface area contributed by atoms with Gasteiger partial charge in [0.25, 0.3) is 0 Å². The molecule has 0 aromatic heterocycles. The van der Waals surface area contributed by atoms with E-state index in [0.29, 0.717) is 0 Å². The van der Waals surface area contributed by atoms with Gasteiger partial charge in [0.2, 0.25) is 0 Å². The fourth-order valence-electron chi connectivity index (χ4n) is 1.61. The van der Waals surface area contributed by atoms with Crippen molar-refractivity contribution >= 4 is 6.09 Å². The Morgan fingerprint density at radius 1 is 1.26 bits per heavy atom. The number of hydrogen-bond acceptors (Lipinski definition) is 3. The summed E-state index contributed by atoms with van der Waals surface area (Å²) in [6, 6.07) is 1.97. The molecular formula is C15H26N2O2. The number of amides is 1. The average Bonchev–Trinajstić information content (AvgIpc) is 2.19. The van der Waals surface area contributed by atoms with Crippen LogP contribution in [0.3, 0.4) is 0 Å². The summed E-state index contributed by atoms with van der Waals surface area (Å²) in [5.74, 6) is 0. The standard InChI is InChI=1S/C15H26N2O2/c1-14(2,3)19-13(18)17-15(4,5)11-9-7-6-8-10-12-16/h8,10H,6-7,9,11H2,1-5H3,(H,17,18)/b10-8+. The lowest BCUT2D eigenvalue weighted by Gasteiger charge is -2.28. The first-order valence-corrected chi connectivity index (χ1v) is 6.72. The first kappa shape index (κ1) is 17.5. The number of nitriles is 1. The Hall–Kier alpha value is -1.50. The van der Waals surface area contributed by atoms with Crippen LogP contribution in [0.2, 0.25) is 0 Å². The first-order valence-electron chi connectivity index (χ1n) is 6.72. The molecule has 0 unspecified atom stereocenters. The molecule has 0 aliphatic heterocycles. The van der Waals surface area contributed by atoms with E-state index >= 15 is 0 Å². The highest BCUT2D eigenvalue weighted by atomic mass is 16.6. The van der Waals surface area contributed by atoms with Crippen LogP contribution in [0.1, 0.15) is 60.3 Å². The molecule has 19 heavy (non-hydrogen) atoms. The molecule has 0 aliphatic carbocycles. The van der Waals surface area contributed by atoms with Crippen LogP contribution >= 0.6 is 0 Å². The number of carbonyl (C=O) groups excluding carboxylic acids is 1. The van der Waals surface area contributed by atoms with Gasteiger partial charge in [-0.1, -0.05) is 12.5 Å². The number of rotatable bonds is 6. The highest BCUT2D eigenvalue weighted by Gasteiger charge is 2.23. The minimum atomic E-state index is -0.470. The Morgan fingerprint density at radius 2 is 1.89 bits per heavy atom. The molecule has 0 bridgehead atoms. The second-order valence-electron chi connectivity index (χ2n) is 6.29. The van der Waals surface area contributed by atoms with Gasteiger partial charge in [-0.3, -0.25) is 0 Å². The summed E-state index contributed by atoms with van der Waals surface area (Å²) in [4.78, 5) is 11.7. The van der Waals surface area contributed by atoms with Gasteiger partial charge in [-0.15, -0.1) is 0 Å². The van der Waals surface area contributed by atoms with E-state index in [2.05, 4.69) is 5.32 Å². The van der Waals surface area contributed by atoms with Gasteiger partial charge in [0, 0.05) is 11.6 Å². The second-order valence-corrected chi connectivity index (χ2v) is 6.29. The smallest absolute Gasteiger partial charge is 0.408 e. The van der Waals surface area contributed by atoms with Crippen molar-refractivity contribution in [3.8, 4) is 6.07 Å². The van der Waals surface area contributed by atoms with Crippen LogP contribution in [0.4, 0.5) is 4.79 Å². The minimum absolute atomic E-state index is 0.277. The molecule has 0 rings (SSSR count). The third-order valence-electron chi connectivity index (χ3n) is 2.45. The fourth-order valence-corrected chi connectivity index (χ4v) is 1.61. The highest BCUT2D eigenvalue weighted by molar-refractivity contribution is 5.68. The molecule has 108 valence electrons. The fraction of sp³-hybridized carbons (Fsp3) is 0.733. The summed E-state index contributed by atoms with van der Waals surface area (Å²) in [7, 11) is 0. The largest absolute Gasteiger partial charge is 0.444 e. The first-order chi connectivity index (χ1) is 8.66. The zero-order chi connectivity index (χ0) is 14.9. The maximum absolute atomic E-state index is 11.7. The molecule has 0 atom stereocenters. The summed E-state index contributed by atoms with van der Waals surface area (Å²) < 4.78 is 5.24. The van der Waals surface area contributed by atoms with E-state index < -0.39 is 5.60 Å². The number of nitrogens with zero attached hydrogens (tertiary/aromatic N) is 1. The monoisotopic (exact) mass is 266 g/mol. The van der Waals surface area contributed by atoms with E-state index in [9.17, 15) is 4.79 Å². The topological polar surface area (TPSA) is 62.1 Å². The Kier molecular flexibility index (Phi) is 7.21. The second kappa shape index (κ2) is 7.83. The molecule has 0 saturated carbocycles. The van der Waals surface area contributed by atoms with Crippen LogP contribution in [0.5, 0.6) is 0 Å². The van der Waals surface area contributed by atoms with Crippen molar-refractivity contribution in [3.63, 3.8) is 0 Å². The van der Waals surface area contributed by atoms with Crippen LogP contribution in [0.15, 0.2) is 12.2 Å². The minimum Gasteiger partial charge on any atom is -0.444 e. The molecule has 0 spiro atoms. The molecule has 4 heteroatoms. The van der Waals surface area contributed by atoms with Crippen molar-refractivity contribution in [2.24, 2.45) is 0 Å². The maximum atomic E-state index is 11.7. The van der Waals surface area contributed by atoms with Gasteiger partial charge < -0.3 is 10.1 Å². The summed E-state index contributed by atoms with van der Waals surface area (Å²) in [6.07, 6.45) is 6.79. The Labute approximate surface area is 116 Å². The van der Waals surface area contributed by atoms with Crippen LogP contribution in [0, 0.1) is 11.3 Å². The van der Waals surface area contributed by atoms with Crippen molar-refractivity contribution < 1.29 is 9.53 Å². The summed E-state index contributed by atoms with van der Waals surface area (Å²) in [6.45, 7) is 9.52. The van der Waals surface area contributed by atoms with Crippen LogP contribution < -0.4 is 5.32 Å². The lowest BCUT2D eigenvalue weighted by atomic mass is 9.97. The zero-order valence-corrected chi connectivity index (χ0v) is 12.7. The number of unbranched alkanes of at least 4 members (excludes halogenated alkanes) is 2. The van der Waals surface area contributed by atoms with Crippen molar-refractivity contribution in [3.05, 3.63) is 12.2 Å². The van der Waals surface area contributed by atoms with E-state index in [-0.39, 0.29) is 11.6 Å². The Bertz CT molecular complexity index is 346. The summed E-state index contributed by atoms with van der Waals surface area (Å²) >= 11 is 0. The van der Waals surface area contributed by atoms with E-state index in [1.54, 1.807) is 0 Å². The molecule has 0 aliphatic rings. The van der Waals surface area contributed by atoms with Crippen molar-refractivity contribution in [1.82, 2.24) is 5.32 Å². The molecule has 4 nitrogen and oxygen atoms in total. The van der Waals surface area contributed by atoms with E-state index in [1.807, 2.05) is 46.8 Å². The normalized spacial score (nSPS) is 12.2. The quantitative estimate of drug-likeness (QED) is 0.585. The van der Waals surface area contributed by atoms with Crippen molar-refractivity contribution in [1.29, 1.82) is 5.26 Å². The predicted molar refractivity (Wildman–Crippen MR) is 76.7 cm³/mol. The molecule has 0 heterocycles. The number of alkyl carbamates (subject to hydrolysis) is 1.